The van der Waals surface area contributed by atoms with Crippen molar-refractivity contribution in [2.24, 2.45) is 0 Å². The SMILES string of the molecule is COc1ccccc1NC(=O)NCCCn1ccc2cccnc21. The summed E-state index contributed by atoms with van der Waals surface area (Å²) in [5, 5.41) is 6.77. The Kier molecular flexibility index (Phi) is 4.96. The Hall–Kier alpha value is -3.02. The second-order valence-corrected chi connectivity index (χ2v) is 5.36. The highest BCUT2D eigenvalue weighted by atomic mass is 16.5. The van der Waals surface area contributed by atoms with Crippen LogP contribution in [0.4, 0.5) is 10.5 Å². The van der Waals surface area contributed by atoms with Crippen LogP contribution in [0.25, 0.3) is 11.0 Å². The fourth-order valence-corrected chi connectivity index (χ4v) is 2.57. The number of urea groups is 1. The number of pyridine rings is 1. The van der Waals surface area contributed by atoms with Gasteiger partial charge in [-0.1, -0.05) is 12.1 Å². The summed E-state index contributed by atoms with van der Waals surface area (Å²) >= 11 is 0. The molecule has 0 fully saturated rings. The molecule has 2 amide bonds. The Labute approximate surface area is 140 Å². The maximum atomic E-state index is 12.0. The van der Waals surface area contributed by atoms with Crippen LogP contribution in [0, 0.1) is 0 Å². The third-order valence-corrected chi connectivity index (χ3v) is 3.74. The van der Waals surface area contributed by atoms with Crippen molar-refractivity contribution < 1.29 is 9.53 Å². The molecule has 24 heavy (non-hydrogen) atoms. The molecule has 2 heterocycles. The van der Waals surface area contributed by atoms with Crippen LogP contribution in [0.1, 0.15) is 6.42 Å². The Morgan fingerprint density at radius 1 is 1.21 bits per heavy atom. The van der Waals surface area contributed by atoms with E-state index in [1.165, 1.54) is 0 Å². The van der Waals surface area contributed by atoms with E-state index in [2.05, 4.69) is 20.2 Å². The third kappa shape index (κ3) is 3.65. The zero-order chi connectivity index (χ0) is 16.8. The lowest BCUT2D eigenvalue weighted by Gasteiger charge is -2.11. The molecule has 3 aromatic rings. The van der Waals surface area contributed by atoms with Crippen LogP contribution < -0.4 is 15.4 Å². The van der Waals surface area contributed by atoms with Gasteiger partial charge in [-0.3, -0.25) is 0 Å². The number of hydrogen-bond donors (Lipinski definition) is 2. The number of carbonyl (C=O) groups excluding carboxylic acids is 1. The molecule has 1 aromatic carbocycles. The summed E-state index contributed by atoms with van der Waals surface area (Å²) in [7, 11) is 1.58. The maximum Gasteiger partial charge on any atom is 0.319 e. The van der Waals surface area contributed by atoms with E-state index in [-0.39, 0.29) is 6.03 Å². The first-order valence-electron chi connectivity index (χ1n) is 7.85. The molecule has 0 aliphatic rings. The molecule has 0 saturated heterocycles. The van der Waals surface area contributed by atoms with Crippen molar-refractivity contribution in [2.45, 2.75) is 13.0 Å². The van der Waals surface area contributed by atoms with Crippen molar-refractivity contribution >= 4 is 22.8 Å². The number of nitrogens with zero attached hydrogens (tertiary/aromatic N) is 2. The average Bonchev–Trinajstić information content (AvgIpc) is 3.02. The van der Waals surface area contributed by atoms with Gasteiger partial charge in [0.25, 0.3) is 0 Å². The molecule has 3 rings (SSSR count). The Balaban J connectivity index is 1.47. The van der Waals surface area contributed by atoms with Crippen molar-refractivity contribution in [1.82, 2.24) is 14.9 Å². The Morgan fingerprint density at radius 2 is 2.08 bits per heavy atom. The highest BCUT2D eigenvalue weighted by molar-refractivity contribution is 5.90. The van der Waals surface area contributed by atoms with E-state index in [1.807, 2.05) is 36.5 Å². The van der Waals surface area contributed by atoms with E-state index in [4.69, 9.17) is 4.74 Å². The van der Waals surface area contributed by atoms with Gasteiger partial charge in [-0.15, -0.1) is 0 Å². The molecule has 2 N–H and O–H groups in total. The van der Waals surface area contributed by atoms with Gasteiger partial charge < -0.3 is 19.9 Å². The number of benzene rings is 1. The molecular weight excluding hydrogens is 304 g/mol. The van der Waals surface area contributed by atoms with Gasteiger partial charge in [0.1, 0.15) is 11.4 Å². The number of ether oxygens (including phenoxy) is 1. The Morgan fingerprint density at radius 3 is 2.96 bits per heavy atom. The van der Waals surface area contributed by atoms with E-state index in [0.29, 0.717) is 18.0 Å². The molecule has 0 atom stereocenters. The molecule has 0 unspecified atom stereocenters. The summed E-state index contributed by atoms with van der Waals surface area (Å²) in [5.41, 5.74) is 1.62. The number of carbonyl (C=O) groups is 1. The second kappa shape index (κ2) is 7.50. The highest BCUT2D eigenvalue weighted by Crippen LogP contribution is 2.22. The standard InChI is InChI=1S/C18H20N4O2/c1-24-16-8-3-2-7-15(16)21-18(23)20-11-5-12-22-13-9-14-6-4-10-19-17(14)22/h2-4,6-10,13H,5,11-12H2,1H3,(H2,20,21,23). The first kappa shape index (κ1) is 15.9. The zero-order valence-electron chi connectivity index (χ0n) is 13.5. The first-order chi connectivity index (χ1) is 11.8. The van der Waals surface area contributed by atoms with Crippen LogP contribution >= 0.6 is 0 Å². The van der Waals surface area contributed by atoms with Gasteiger partial charge in [-0.05, 0) is 36.8 Å². The molecule has 6 heteroatoms. The summed E-state index contributed by atoms with van der Waals surface area (Å²) in [4.78, 5) is 16.3. The van der Waals surface area contributed by atoms with Crippen LogP contribution in [0.5, 0.6) is 5.75 Å². The molecule has 0 radical (unpaired) electrons. The van der Waals surface area contributed by atoms with Gasteiger partial charge in [-0.25, -0.2) is 9.78 Å². The van der Waals surface area contributed by atoms with Crippen molar-refractivity contribution in [3.63, 3.8) is 0 Å². The highest BCUT2D eigenvalue weighted by Gasteiger charge is 2.06. The quantitative estimate of drug-likeness (QED) is 0.684. The van der Waals surface area contributed by atoms with Crippen LogP contribution in [0.3, 0.4) is 0 Å². The number of aryl methyl sites for hydroxylation is 1. The molecule has 2 aromatic heterocycles. The van der Waals surface area contributed by atoms with Gasteiger partial charge in [0.15, 0.2) is 0 Å². The third-order valence-electron chi connectivity index (χ3n) is 3.74. The van der Waals surface area contributed by atoms with E-state index in [0.717, 1.165) is 24.0 Å². The fraction of sp³-hybridized carbons (Fsp3) is 0.222. The predicted octanol–water partition coefficient (Wildman–Crippen LogP) is 3.26. The molecule has 0 aliphatic carbocycles. The number of aromatic nitrogens is 2. The molecule has 0 spiro atoms. The van der Waals surface area contributed by atoms with Crippen LogP contribution in [0.2, 0.25) is 0 Å². The number of amides is 2. The number of anilines is 1. The summed E-state index contributed by atoms with van der Waals surface area (Å²) in [5.74, 6) is 0.637. The molecular formula is C18H20N4O2. The topological polar surface area (TPSA) is 68.2 Å². The predicted molar refractivity (Wildman–Crippen MR) is 94.4 cm³/mol. The summed E-state index contributed by atoms with van der Waals surface area (Å²) in [6.45, 7) is 1.38. The number of nitrogens with one attached hydrogen (secondary N) is 2. The molecule has 6 nitrogen and oxygen atoms in total. The number of fused-ring (bicyclic) bond motifs is 1. The number of para-hydroxylation sites is 2. The van der Waals surface area contributed by atoms with Crippen LogP contribution in [0.15, 0.2) is 54.9 Å². The van der Waals surface area contributed by atoms with Gasteiger partial charge in [0.05, 0.1) is 12.8 Å². The zero-order valence-corrected chi connectivity index (χ0v) is 13.5. The van der Waals surface area contributed by atoms with Gasteiger partial charge in [0.2, 0.25) is 0 Å². The van der Waals surface area contributed by atoms with Crippen molar-refractivity contribution in [1.29, 1.82) is 0 Å². The molecule has 0 aliphatic heterocycles. The second-order valence-electron chi connectivity index (χ2n) is 5.36. The molecule has 0 saturated carbocycles. The minimum absolute atomic E-state index is 0.241. The number of hydrogen-bond acceptors (Lipinski definition) is 3. The van der Waals surface area contributed by atoms with Gasteiger partial charge in [0, 0.05) is 30.9 Å². The normalized spacial score (nSPS) is 10.5. The summed E-state index contributed by atoms with van der Waals surface area (Å²) in [6.07, 6.45) is 4.63. The Bertz CT molecular complexity index is 829. The minimum atomic E-state index is -0.241. The number of methoxy groups -OCH3 is 1. The van der Waals surface area contributed by atoms with E-state index in [9.17, 15) is 4.79 Å². The van der Waals surface area contributed by atoms with Gasteiger partial charge in [-0.2, -0.15) is 0 Å². The van der Waals surface area contributed by atoms with E-state index in [1.54, 1.807) is 25.4 Å². The van der Waals surface area contributed by atoms with Crippen molar-refractivity contribution in [2.75, 3.05) is 19.0 Å². The summed E-state index contributed by atoms with van der Waals surface area (Å²) in [6, 6.07) is 13.1. The van der Waals surface area contributed by atoms with Gasteiger partial charge >= 0.3 is 6.03 Å². The monoisotopic (exact) mass is 324 g/mol. The van der Waals surface area contributed by atoms with Crippen molar-refractivity contribution in [3.05, 3.63) is 54.9 Å². The molecule has 124 valence electrons. The van der Waals surface area contributed by atoms with E-state index < -0.39 is 0 Å². The lowest BCUT2D eigenvalue weighted by Crippen LogP contribution is -2.30. The van der Waals surface area contributed by atoms with Crippen LogP contribution in [-0.2, 0) is 6.54 Å². The van der Waals surface area contributed by atoms with E-state index >= 15 is 0 Å². The lowest BCUT2D eigenvalue weighted by molar-refractivity contribution is 0.251. The minimum Gasteiger partial charge on any atom is -0.495 e. The van der Waals surface area contributed by atoms with Crippen LogP contribution in [-0.4, -0.2) is 29.2 Å². The first-order valence-corrected chi connectivity index (χ1v) is 7.85. The summed E-state index contributed by atoms with van der Waals surface area (Å²) < 4.78 is 7.30. The van der Waals surface area contributed by atoms with Crippen molar-refractivity contribution in [3.8, 4) is 5.75 Å². The lowest BCUT2D eigenvalue weighted by atomic mass is 10.3. The average molecular weight is 324 g/mol. The molecule has 0 bridgehead atoms. The fourth-order valence-electron chi connectivity index (χ4n) is 2.57. The maximum absolute atomic E-state index is 12.0. The number of rotatable bonds is 6. The largest absolute Gasteiger partial charge is 0.495 e. The smallest absolute Gasteiger partial charge is 0.319 e.